The molecular weight excluding hydrogens is 373 g/mol. The van der Waals surface area contributed by atoms with Gasteiger partial charge in [-0.2, -0.15) is 0 Å². The van der Waals surface area contributed by atoms with E-state index in [0.717, 1.165) is 18.4 Å². The maximum absolute atomic E-state index is 13.9. The van der Waals surface area contributed by atoms with E-state index in [2.05, 4.69) is 36.5 Å². The molecule has 1 atom stereocenters. The van der Waals surface area contributed by atoms with Gasteiger partial charge < -0.3 is 10.1 Å². The summed E-state index contributed by atoms with van der Waals surface area (Å²) in [7, 11) is 0. The van der Waals surface area contributed by atoms with Crippen molar-refractivity contribution in [2.24, 2.45) is 0 Å². The Bertz CT molecular complexity index is 885. The van der Waals surface area contributed by atoms with E-state index in [4.69, 9.17) is 16.3 Å². The zero-order valence-corrected chi connectivity index (χ0v) is 16.8. The second kappa shape index (κ2) is 10.3. The molecule has 3 aromatic carbocycles. The van der Waals surface area contributed by atoms with Gasteiger partial charge in [0.25, 0.3) is 0 Å². The summed E-state index contributed by atoms with van der Waals surface area (Å²) in [5, 5.41) is 4.27. The summed E-state index contributed by atoms with van der Waals surface area (Å²) in [6, 6.07) is 22.9. The van der Waals surface area contributed by atoms with Gasteiger partial charge in [0.15, 0.2) is 0 Å². The summed E-state index contributed by atoms with van der Waals surface area (Å²) in [6.07, 6.45) is 2.12. The van der Waals surface area contributed by atoms with Crippen molar-refractivity contribution in [2.75, 3.05) is 0 Å². The summed E-state index contributed by atoms with van der Waals surface area (Å²) in [6.45, 7) is 2.98. The average Bonchev–Trinajstić information content (AvgIpc) is 2.72. The molecule has 0 aliphatic carbocycles. The summed E-state index contributed by atoms with van der Waals surface area (Å²) < 4.78 is 19.8. The standard InChI is InChI=1S/C24H25ClFNO/c1-2-8-23(18-9-4-3-5-10-18)27-16-20-15-21(25)13-14-24(20)28-17-19-11-6-7-12-22(19)26/h3-7,9-15,23,27H,2,8,16-17H2,1H3. The number of halogens is 2. The van der Waals surface area contributed by atoms with Crippen LogP contribution in [0.2, 0.25) is 5.02 Å². The predicted octanol–water partition coefficient (Wildman–Crippen LogP) is 6.69. The third-order valence-electron chi connectivity index (χ3n) is 4.68. The number of hydrogen-bond acceptors (Lipinski definition) is 2. The number of hydrogen-bond donors (Lipinski definition) is 1. The lowest BCUT2D eigenvalue weighted by Gasteiger charge is -2.20. The highest BCUT2D eigenvalue weighted by molar-refractivity contribution is 6.30. The Labute approximate surface area is 171 Å². The molecule has 0 saturated heterocycles. The van der Waals surface area contributed by atoms with Crippen LogP contribution in [0, 0.1) is 5.82 Å². The second-order valence-electron chi connectivity index (χ2n) is 6.76. The average molecular weight is 398 g/mol. The molecule has 28 heavy (non-hydrogen) atoms. The van der Waals surface area contributed by atoms with Crippen molar-refractivity contribution in [2.45, 2.75) is 39.0 Å². The summed E-state index contributed by atoms with van der Waals surface area (Å²) in [4.78, 5) is 0. The third-order valence-corrected chi connectivity index (χ3v) is 4.92. The normalized spacial score (nSPS) is 12.0. The van der Waals surface area contributed by atoms with E-state index in [1.54, 1.807) is 24.3 Å². The van der Waals surface area contributed by atoms with E-state index in [9.17, 15) is 4.39 Å². The van der Waals surface area contributed by atoms with Crippen LogP contribution >= 0.6 is 11.6 Å². The van der Waals surface area contributed by atoms with Crippen LogP contribution in [0.25, 0.3) is 0 Å². The highest BCUT2D eigenvalue weighted by Gasteiger charge is 2.12. The molecule has 146 valence electrons. The monoisotopic (exact) mass is 397 g/mol. The fourth-order valence-corrected chi connectivity index (χ4v) is 3.39. The molecule has 0 saturated carbocycles. The number of nitrogens with one attached hydrogen (secondary N) is 1. The second-order valence-corrected chi connectivity index (χ2v) is 7.20. The van der Waals surface area contributed by atoms with E-state index in [1.165, 1.54) is 11.6 Å². The van der Waals surface area contributed by atoms with Crippen molar-refractivity contribution in [1.29, 1.82) is 0 Å². The molecule has 2 nitrogen and oxygen atoms in total. The Hall–Kier alpha value is -2.36. The van der Waals surface area contributed by atoms with E-state index >= 15 is 0 Å². The zero-order valence-electron chi connectivity index (χ0n) is 16.0. The van der Waals surface area contributed by atoms with E-state index in [-0.39, 0.29) is 18.5 Å². The maximum atomic E-state index is 13.9. The molecule has 1 N–H and O–H groups in total. The van der Waals surface area contributed by atoms with Crippen LogP contribution in [0.5, 0.6) is 5.75 Å². The van der Waals surface area contributed by atoms with Gasteiger partial charge >= 0.3 is 0 Å². The van der Waals surface area contributed by atoms with Crippen LogP contribution in [-0.2, 0) is 13.2 Å². The first-order valence-electron chi connectivity index (χ1n) is 9.60. The van der Waals surface area contributed by atoms with Crippen molar-refractivity contribution in [3.63, 3.8) is 0 Å². The Morgan fingerprint density at radius 3 is 2.46 bits per heavy atom. The first-order chi connectivity index (χ1) is 13.7. The van der Waals surface area contributed by atoms with Gasteiger partial charge in [-0.25, -0.2) is 4.39 Å². The topological polar surface area (TPSA) is 21.3 Å². The van der Waals surface area contributed by atoms with Crippen LogP contribution in [0.1, 0.15) is 42.5 Å². The van der Waals surface area contributed by atoms with Crippen molar-refractivity contribution < 1.29 is 9.13 Å². The van der Waals surface area contributed by atoms with Gasteiger partial charge in [-0.3, -0.25) is 0 Å². The van der Waals surface area contributed by atoms with Crippen LogP contribution in [0.15, 0.2) is 72.8 Å². The van der Waals surface area contributed by atoms with Crippen LogP contribution in [0.3, 0.4) is 0 Å². The Balaban J connectivity index is 1.72. The van der Waals surface area contributed by atoms with Crippen LogP contribution in [-0.4, -0.2) is 0 Å². The minimum absolute atomic E-state index is 0.179. The first kappa shape index (κ1) is 20.4. The molecule has 0 heterocycles. The summed E-state index contributed by atoms with van der Waals surface area (Å²) in [5.41, 5.74) is 2.76. The smallest absolute Gasteiger partial charge is 0.129 e. The highest BCUT2D eigenvalue weighted by Crippen LogP contribution is 2.26. The van der Waals surface area contributed by atoms with E-state index in [1.807, 2.05) is 18.2 Å². The van der Waals surface area contributed by atoms with Gasteiger partial charge in [0.1, 0.15) is 18.2 Å². The van der Waals surface area contributed by atoms with Gasteiger partial charge in [-0.15, -0.1) is 0 Å². The molecule has 0 radical (unpaired) electrons. The van der Waals surface area contributed by atoms with Gasteiger partial charge in [0.2, 0.25) is 0 Å². The molecule has 0 spiro atoms. The number of benzene rings is 3. The molecule has 0 aliphatic heterocycles. The van der Waals surface area contributed by atoms with Crippen molar-refractivity contribution in [3.05, 3.63) is 100 Å². The third kappa shape index (κ3) is 5.57. The SMILES string of the molecule is CCCC(NCc1cc(Cl)ccc1OCc1ccccc1F)c1ccccc1. The van der Waals surface area contributed by atoms with Crippen LogP contribution < -0.4 is 10.1 Å². The molecule has 0 aliphatic rings. The lowest BCUT2D eigenvalue weighted by Crippen LogP contribution is -2.21. The lowest BCUT2D eigenvalue weighted by atomic mass is 10.0. The highest BCUT2D eigenvalue weighted by atomic mass is 35.5. The first-order valence-corrected chi connectivity index (χ1v) is 9.98. The summed E-state index contributed by atoms with van der Waals surface area (Å²) in [5.74, 6) is 0.451. The quantitative estimate of drug-likeness (QED) is 0.434. The molecule has 0 aromatic heterocycles. The zero-order chi connectivity index (χ0) is 19.8. The van der Waals surface area contributed by atoms with Gasteiger partial charge in [-0.1, -0.05) is 73.5 Å². The minimum atomic E-state index is -0.261. The lowest BCUT2D eigenvalue weighted by molar-refractivity contribution is 0.295. The predicted molar refractivity (Wildman–Crippen MR) is 113 cm³/mol. The number of ether oxygens (including phenoxy) is 1. The molecule has 3 aromatic rings. The Kier molecular flexibility index (Phi) is 7.46. The molecule has 0 fully saturated rings. The molecule has 0 amide bonds. The largest absolute Gasteiger partial charge is 0.488 e. The van der Waals surface area contributed by atoms with Crippen molar-refractivity contribution >= 4 is 11.6 Å². The molecule has 0 bridgehead atoms. The number of rotatable bonds is 9. The Morgan fingerprint density at radius 1 is 0.964 bits per heavy atom. The van der Waals surface area contributed by atoms with E-state index < -0.39 is 0 Å². The van der Waals surface area contributed by atoms with E-state index in [0.29, 0.717) is 22.9 Å². The molecule has 3 rings (SSSR count). The fraction of sp³-hybridized carbons (Fsp3) is 0.250. The molecule has 4 heteroatoms. The van der Waals surface area contributed by atoms with Crippen molar-refractivity contribution in [3.8, 4) is 5.75 Å². The van der Waals surface area contributed by atoms with Crippen molar-refractivity contribution in [1.82, 2.24) is 5.32 Å². The van der Waals surface area contributed by atoms with Gasteiger partial charge in [0, 0.05) is 28.7 Å². The van der Waals surface area contributed by atoms with Crippen LogP contribution in [0.4, 0.5) is 4.39 Å². The minimum Gasteiger partial charge on any atom is -0.488 e. The fourth-order valence-electron chi connectivity index (χ4n) is 3.19. The summed E-state index contributed by atoms with van der Waals surface area (Å²) >= 11 is 6.21. The molecular formula is C24H25ClFNO. The Morgan fingerprint density at radius 2 is 1.71 bits per heavy atom. The molecule has 1 unspecified atom stereocenters. The van der Waals surface area contributed by atoms with Gasteiger partial charge in [0.05, 0.1) is 0 Å². The van der Waals surface area contributed by atoms with Gasteiger partial charge in [-0.05, 0) is 36.2 Å². The maximum Gasteiger partial charge on any atom is 0.129 e.